The van der Waals surface area contributed by atoms with E-state index < -0.39 is 0 Å². The summed E-state index contributed by atoms with van der Waals surface area (Å²) in [5.41, 5.74) is 0.700. The zero-order valence-corrected chi connectivity index (χ0v) is 14.8. The topological polar surface area (TPSA) is 49.9 Å². The molecule has 0 saturated heterocycles. The first-order valence-electron chi connectivity index (χ1n) is 8.14. The molecule has 1 rings (SSSR count). The number of likely N-dealkylation sites (N-methyl/N-ethyl adjacent to an activating group) is 1. The summed E-state index contributed by atoms with van der Waals surface area (Å²) >= 11 is 0. The van der Waals surface area contributed by atoms with Crippen LogP contribution in [0.3, 0.4) is 0 Å². The Morgan fingerprint density at radius 3 is 2.26 bits per heavy atom. The number of benzene rings is 1. The molecule has 1 aromatic carbocycles. The van der Waals surface area contributed by atoms with E-state index in [2.05, 4.69) is 6.92 Å². The van der Waals surface area contributed by atoms with Crippen molar-refractivity contribution < 1.29 is 14.3 Å². The van der Waals surface area contributed by atoms with Crippen molar-refractivity contribution in [3.63, 3.8) is 0 Å². The first-order valence-corrected chi connectivity index (χ1v) is 8.14. The molecule has 0 fully saturated rings. The minimum absolute atomic E-state index is 0.0555. The summed E-state index contributed by atoms with van der Waals surface area (Å²) in [4.78, 5) is 27.3. The van der Waals surface area contributed by atoms with Gasteiger partial charge in [0.15, 0.2) is 0 Å². The maximum atomic E-state index is 12.3. The highest BCUT2D eigenvalue weighted by atomic mass is 16.5. The molecule has 0 aliphatic heterocycles. The van der Waals surface area contributed by atoms with Crippen molar-refractivity contribution >= 4 is 17.5 Å². The van der Waals surface area contributed by atoms with E-state index in [1.807, 2.05) is 26.0 Å². The average molecular weight is 320 g/mol. The highest BCUT2D eigenvalue weighted by Crippen LogP contribution is 2.20. The van der Waals surface area contributed by atoms with Gasteiger partial charge in [0, 0.05) is 26.2 Å². The molecular formula is C18H28N2O3. The summed E-state index contributed by atoms with van der Waals surface area (Å²) in [6, 6.07) is 7.24. The molecule has 0 aromatic heterocycles. The molecule has 0 atom stereocenters. The van der Waals surface area contributed by atoms with Crippen LogP contribution in [0.5, 0.6) is 5.75 Å². The number of rotatable bonds is 8. The van der Waals surface area contributed by atoms with Crippen LogP contribution in [0, 0.1) is 0 Å². The molecule has 23 heavy (non-hydrogen) atoms. The smallest absolute Gasteiger partial charge is 0.242 e. The Labute approximate surface area is 139 Å². The van der Waals surface area contributed by atoms with Crippen molar-refractivity contribution in [2.75, 3.05) is 25.0 Å². The molecular weight excluding hydrogens is 292 g/mol. The van der Waals surface area contributed by atoms with Crippen LogP contribution in [-0.4, -0.2) is 43.0 Å². The number of amides is 2. The van der Waals surface area contributed by atoms with Crippen molar-refractivity contribution in [3.05, 3.63) is 24.3 Å². The molecule has 5 nitrogen and oxygen atoms in total. The lowest BCUT2D eigenvalue weighted by atomic mass is 10.2. The van der Waals surface area contributed by atoms with Gasteiger partial charge in [0.2, 0.25) is 11.8 Å². The summed E-state index contributed by atoms with van der Waals surface area (Å²) in [5.74, 6) is 0.537. The van der Waals surface area contributed by atoms with E-state index in [0.29, 0.717) is 12.2 Å². The SMILES string of the molecule is CCCCN(C)C(=O)CN(C(C)=O)c1ccc(OC(C)C)cc1. The van der Waals surface area contributed by atoms with Crippen molar-refractivity contribution in [1.82, 2.24) is 4.90 Å². The summed E-state index contributed by atoms with van der Waals surface area (Å²) < 4.78 is 5.59. The second-order valence-electron chi connectivity index (χ2n) is 5.93. The van der Waals surface area contributed by atoms with Gasteiger partial charge < -0.3 is 14.5 Å². The third-order valence-corrected chi connectivity index (χ3v) is 3.47. The molecule has 0 unspecified atom stereocenters. The second kappa shape index (κ2) is 9.18. The Hall–Kier alpha value is -2.04. The maximum absolute atomic E-state index is 12.3. The third-order valence-electron chi connectivity index (χ3n) is 3.47. The van der Waals surface area contributed by atoms with Gasteiger partial charge in [0.1, 0.15) is 12.3 Å². The number of hydrogen-bond donors (Lipinski definition) is 0. The Balaban J connectivity index is 2.78. The number of ether oxygens (including phenoxy) is 1. The van der Waals surface area contributed by atoms with Gasteiger partial charge in [0.05, 0.1) is 6.10 Å². The lowest BCUT2D eigenvalue weighted by Crippen LogP contribution is -2.41. The first kappa shape index (κ1) is 19.0. The maximum Gasteiger partial charge on any atom is 0.242 e. The predicted molar refractivity (Wildman–Crippen MR) is 92.8 cm³/mol. The minimum atomic E-state index is -0.153. The van der Waals surface area contributed by atoms with Crippen molar-refractivity contribution in [2.24, 2.45) is 0 Å². The van der Waals surface area contributed by atoms with Crippen molar-refractivity contribution in [3.8, 4) is 5.75 Å². The van der Waals surface area contributed by atoms with Crippen LogP contribution in [0.25, 0.3) is 0 Å². The van der Waals surface area contributed by atoms with Crippen LogP contribution in [0.15, 0.2) is 24.3 Å². The molecule has 0 aliphatic rings. The van der Waals surface area contributed by atoms with Crippen molar-refractivity contribution in [1.29, 1.82) is 0 Å². The van der Waals surface area contributed by atoms with Crippen LogP contribution in [0.4, 0.5) is 5.69 Å². The minimum Gasteiger partial charge on any atom is -0.491 e. The van der Waals surface area contributed by atoms with E-state index >= 15 is 0 Å². The van der Waals surface area contributed by atoms with Gasteiger partial charge in [-0.25, -0.2) is 0 Å². The van der Waals surface area contributed by atoms with Gasteiger partial charge in [0.25, 0.3) is 0 Å². The highest BCUT2D eigenvalue weighted by molar-refractivity contribution is 5.97. The second-order valence-corrected chi connectivity index (χ2v) is 5.93. The Bertz CT molecular complexity index is 512. The molecule has 0 aliphatic carbocycles. The van der Waals surface area contributed by atoms with Crippen LogP contribution in [-0.2, 0) is 9.59 Å². The van der Waals surface area contributed by atoms with Crippen LogP contribution >= 0.6 is 0 Å². The standard InChI is InChI=1S/C18H28N2O3/c1-6-7-12-19(5)18(22)13-20(15(4)21)16-8-10-17(11-9-16)23-14(2)3/h8-11,14H,6-7,12-13H2,1-5H3. The lowest BCUT2D eigenvalue weighted by molar-refractivity contribution is -0.130. The lowest BCUT2D eigenvalue weighted by Gasteiger charge is -2.24. The van der Waals surface area contributed by atoms with Crippen molar-refractivity contribution in [2.45, 2.75) is 46.6 Å². The fourth-order valence-corrected chi connectivity index (χ4v) is 2.14. The van der Waals surface area contributed by atoms with Crippen LogP contribution in [0.1, 0.15) is 40.5 Å². The zero-order chi connectivity index (χ0) is 17.4. The molecule has 0 bridgehead atoms. The summed E-state index contributed by atoms with van der Waals surface area (Å²) in [7, 11) is 1.77. The van der Waals surface area contributed by atoms with E-state index in [9.17, 15) is 9.59 Å². The number of nitrogens with zero attached hydrogens (tertiary/aromatic N) is 2. The van der Waals surface area contributed by atoms with E-state index in [1.165, 1.54) is 11.8 Å². The van der Waals surface area contributed by atoms with Crippen LogP contribution < -0.4 is 9.64 Å². The van der Waals surface area contributed by atoms with Gasteiger partial charge >= 0.3 is 0 Å². The summed E-state index contributed by atoms with van der Waals surface area (Å²) in [6.07, 6.45) is 2.09. The summed E-state index contributed by atoms with van der Waals surface area (Å²) in [5, 5.41) is 0. The number of unbranched alkanes of at least 4 members (excludes halogenated alkanes) is 1. The Morgan fingerprint density at radius 1 is 1.17 bits per heavy atom. The van der Waals surface area contributed by atoms with Crippen LogP contribution in [0.2, 0.25) is 0 Å². The first-order chi connectivity index (χ1) is 10.8. The van der Waals surface area contributed by atoms with Gasteiger partial charge in [-0.05, 0) is 44.5 Å². The molecule has 5 heteroatoms. The normalized spacial score (nSPS) is 10.5. The van der Waals surface area contributed by atoms with E-state index in [0.717, 1.165) is 18.6 Å². The Morgan fingerprint density at radius 2 is 1.78 bits per heavy atom. The predicted octanol–water partition coefficient (Wildman–Crippen LogP) is 3.09. The number of anilines is 1. The fraction of sp³-hybridized carbons (Fsp3) is 0.556. The molecule has 0 spiro atoms. The number of hydrogen-bond acceptors (Lipinski definition) is 3. The quantitative estimate of drug-likeness (QED) is 0.739. The molecule has 0 N–H and O–H groups in total. The monoisotopic (exact) mass is 320 g/mol. The molecule has 0 saturated carbocycles. The highest BCUT2D eigenvalue weighted by Gasteiger charge is 2.18. The molecule has 0 radical (unpaired) electrons. The molecule has 128 valence electrons. The summed E-state index contributed by atoms with van der Waals surface area (Å²) in [6.45, 7) is 8.24. The molecule has 1 aromatic rings. The van der Waals surface area contributed by atoms with E-state index in [-0.39, 0.29) is 24.5 Å². The molecule has 0 heterocycles. The van der Waals surface area contributed by atoms with Gasteiger partial charge in [-0.1, -0.05) is 13.3 Å². The van der Waals surface area contributed by atoms with Gasteiger partial charge in [-0.3, -0.25) is 9.59 Å². The molecule has 2 amide bonds. The van der Waals surface area contributed by atoms with E-state index in [4.69, 9.17) is 4.74 Å². The van der Waals surface area contributed by atoms with Gasteiger partial charge in [-0.15, -0.1) is 0 Å². The largest absolute Gasteiger partial charge is 0.491 e. The number of carbonyl (C=O) groups is 2. The third kappa shape index (κ3) is 6.30. The fourth-order valence-electron chi connectivity index (χ4n) is 2.14. The van der Waals surface area contributed by atoms with Gasteiger partial charge in [-0.2, -0.15) is 0 Å². The van der Waals surface area contributed by atoms with E-state index in [1.54, 1.807) is 24.1 Å². The average Bonchev–Trinajstić information content (AvgIpc) is 2.50. The number of carbonyl (C=O) groups excluding carboxylic acids is 2. The zero-order valence-electron chi connectivity index (χ0n) is 14.8. The Kier molecular flexibility index (Phi) is 7.59.